The SMILES string of the molecule is C=c1\c(=C/C(=C\C)C(=C(/CCCO)c2ccccc2)/c2ccc(O)cc2)ccn1CCN1CCCCC1. The second-order valence-electron chi connectivity index (χ2n) is 9.80. The van der Waals surface area contributed by atoms with E-state index in [0.29, 0.717) is 6.42 Å². The molecule has 1 aliphatic rings. The van der Waals surface area contributed by atoms with Gasteiger partial charge < -0.3 is 19.7 Å². The van der Waals surface area contributed by atoms with Crippen molar-refractivity contribution >= 4 is 23.8 Å². The number of aliphatic hydroxyl groups excluding tert-OH is 1. The van der Waals surface area contributed by atoms with Crippen molar-refractivity contribution in [1.29, 1.82) is 0 Å². The molecular formula is C33H40N2O2. The fourth-order valence-corrected chi connectivity index (χ4v) is 5.21. The van der Waals surface area contributed by atoms with E-state index in [1.165, 1.54) is 37.9 Å². The Hall–Kier alpha value is -3.34. The highest BCUT2D eigenvalue weighted by molar-refractivity contribution is 6.02. The summed E-state index contributed by atoms with van der Waals surface area (Å²) in [4.78, 5) is 2.56. The highest BCUT2D eigenvalue weighted by atomic mass is 16.3. The molecule has 3 aromatic rings. The zero-order valence-corrected chi connectivity index (χ0v) is 22.1. The highest BCUT2D eigenvalue weighted by Crippen LogP contribution is 2.36. The number of aromatic nitrogens is 1. The van der Waals surface area contributed by atoms with Crippen LogP contribution in [0.1, 0.15) is 50.2 Å². The maximum Gasteiger partial charge on any atom is 0.115 e. The fourth-order valence-electron chi connectivity index (χ4n) is 5.21. The van der Waals surface area contributed by atoms with Gasteiger partial charge in [0.1, 0.15) is 5.75 Å². The standard InChI is InChI=1S/C33H40N2O2/c1-3-27(25-30-18-21-35(26(30)2)23-22-34-19-8-5-9-20-34)33(29-14-16-31(37)17-15-29)32(13-10-24-36)28-11-6-4-7-12-28/h3-4,6-7,11-12,14-18,21,25,36-37H,2,5,8-10,13,19-20,22-24H2,1H3/b27-3+,30-25-,33-32+. The van der Waals surface area contributed by atoms with Crippen molar-refractivity contribution in [3.05, 3.63) is 100 Å². The molecule has 0 atom stereocenters. The van der Waals surface area contributed by atoms with Crippen molar-refractivity contribution in [2.75, 3.05) is 26.2 Å². The Morgan fingerprint density at radius 3 is 2.32 bits per heavy atom. The minimum Gasteiger partial charge on any atom is -0.508 e. The van der Waals surface area contributed by atoms with Gasteiger partial charge in [0.05, 0.1) is 0 Å². The second kappa shape index (κ2) is 13.3. The molecule has 0 unspecified atom stereocenters. The Balaban J connectivity index is 1.76. The van der Waals surface area contributed by atoms with Gasteiger partial charge in [0.15, 0.2) is 0 Å². The van der Waals surface area contributed by atoms with Crippen molar-refractivity contribution in [1.82, 2.24) is 9.47 Å². The van der Waals surface area contributed by atoms with Crippen LogP contribution in [-0.2, 0) is 6.54 Å². The molecule has 2 heterocycles. The van der Waals surface area contributed by atoms with E-state index in [1.807, 2.05) is 18.2 Å². The normalized spacial score (nSPS) is 16.2. The molecule has 0 bridgehead atoms. The average Bonchev–Trinajstić information content (AvgIpc) is 3.29. The molecule has 194 valence electrons. The first-order valence-electron chi connectivity index (χ1n) is 13.5. The van der Waals surface area contributed by atoms with Crippen molar-refractivity contribution in [2.45, 2.75) is 45.6 Å². The van der Waals surface area contributed by atoms with Crippen LogP contribution in [0.4, 0.5) is 0 Å². The molecule has 0 spiro atoms. The van der Waals surface area contributed by atoms with Crippen LogP contribution >= 0.6 is 0 Å². The largest absolute Gasteiger partial charge is 0.508 e. The summed E-state index contributed by atoms with van der Waals surface area (Å²) in [6, 6.07) is 20.0. The summed E-state index contributed by atoms with van der Waals surface area (Å²) >= 11 is 0. The number of allylic oxidation sites excluding steroid dienone is 4. The minimum atomic E-state index is 0.136. The summed E-state index contributed by atoms with van der Waals surface area (Å²) < 4.78 is 2.27. The third-order valence-electron chi connectivity index (χ3n) is 7.30. The number of benzene rings is 2. The Morgan fingerprint density at radius 1 is 0.919 bits per heavy atom. The molecule has 4 nitrogen and oxygen atoms in total. The van der Waals surface area contributed by atoms with Gasteiger partial charge in [-0.2, -0.15) is 0 Å². The zero-order chi connectivity index (χ0) is 26.0. The van der Waals surface area contributed by atoms with Gasteiger partial charge in [0.2, 0.25) is 0 Å². The van der Waals surface area contributed by atoms with Gasteiger partial charge in [-0.1, -0.05) is 61.5 Å². The van der Waals surface area contributed by atoms with E-state index in [2.05, 4.69) is 71.7 Å². The van der Waals surface area contributed by atoms with Gasteiger partial charge >= 0.3 is 0 Å². The molecule has 1 aliphatic heterocycles. The smallest absolute Gasteiger partial charge is 0.115 e. The lowest BCUT2D eigenvalue weighted by Gasteiger charge is -2.26. The zero-order valence-electron chi connectivity index (χ0n) is 22.1. The summed E-state index contributed by atoms with van der Waals surface area (Å²) in [6.45, 7) is 11.0. The van der Waals surface area contributed by atoms with E-state index in [4.69, 9.17) is 0 Å². The second-order valence-corrected chi connectivity index (χ2v) is 9.80. The molecule has 2 N–H and O–H groups in total. The number of nitrogens with zero attached hydrogens (tertiary/aromatic N) is 2. The molecule has 4 heteroatoms. The monoisotopic (exact) mass is 496 g/mol. The number of aliphatic hydroxyl groups is 1. The van der Waals surface area contributed by atoms with E-state index >= 15 is 0 Å². The molecule has 0 amide bonds. The van der Waals surface area contributed by atoms with Crippen LogP contribution in [0.3, 0.4) is 0 Å². The Morgan fingerprint density at radius 2 is 1.65 bits per heavy atom. The minimum absolute atomic E-state index is 0.136. The van der Waals surface area contributed by atoms with Crippen LogP contribution in [-0.4, -0.2) is 45.9 Å². The summed E-state index contributed by atoms with van der Waals surface area (Å²) in [5.74, 6) is 0.247. The Bertz CT molecular complexity index is 1310. The van der Waals surface area contributed by atoms with Gasteiger partial charge in [-0.25, -0.2) is 0 Å². The van der Waals surface area contributed by atoms with Gasteiger partial charge in [0, 0.05) is 31.2 Å². The lowest BCUT2D eigenvalue weighted by molar-refractivity contribution is 0.220. The number of aromatic hydroxyl groups is 1. The van der Waals surface area contributed by atoms with Gasteiger partial charge in [-0.15, -0.1) is 0 Å². The number of likely N-dealkylation sites (tertiary alicyclic amines) is 1. The van der Waals surface area contributed by atoms with Crippen molar-refractivity contribution in [3.8, 4) is 5.75 Å². The summed E-state index contributed by atoms with van der Waals surface area (Å²) in [5, 5.41) is 21.8. The molecule has 0 aliphatic carbocycles. The van der Waals surface area contributed by atoms with E-state index in [9.17, 15) is 10.2 Å². The van der Waals surface area contributed by atoms with Crippen molar-refractivity contribution < 1.29 is 10.2 Å². The number of phenolic OH excluding ortho intramolecular Hbond substituents is 1. The van der Waals surface area contributed by atoms with Gasteiger partial charge in [-0.3, -0.25) is 0 Å². The Kier molecular flexibility index (Phi) is 9.58. The molecule has 2 aromatic carbocycles. The predicted molar refractivity (Wildman–Crippen MR) is 155 cm³/mol. The van der Waals surface area contributed by atoms with E-state index in [-0.39, 0.29) is 12.4 Å². The number of piperidine rings is 1. The van der Waals surface area contributed by atoms with Crippen LogP contribution in [0.5, 0.6) is 5.75 Å². The van der Waals surface area contributed by atoms with Crippen LogP contribution in [0.2, 0.25) is 0 Å². The van der Waals surface area contributed by atoms with E-state index < -0.39 is 0 Å². The molecule has 1 aromatic heterocycles. The predicted octanol–water partition coefficient (Wildman–Crippen LogP) is 5.20. The maximum atomic E-state index is 9.96. The van der Waals surface area contributed by atoms with E-state index in [0.717, 1.165) is 52.4 Å². The molecule has 1 fully saturated rings. The quantitative estimate of drug-likeness (QED) is 0.300. The molecular weight excluding hydrogens is 456 g/mol. The summed E-state index contributed by atoms with van der Waals surface area (Å²) in [5.41, 5.74) is 5.57. The lowest BCUT2D eigenvalue weighted by Crippen LogP contribution is -2.35. The van der Waals surface area contributed by atoms with Gasteiger partial charge in [-0.05, 0) is 103 Å². The number of hydrogen-bond donors (Lipinski definition) is 2. The number of hydrogen-bond acceptors (Lipinski definition) is 3. The maximum absolute atomic E-state index is 9.96. The van der Waals surface area contributed by atoms with Crippen molar-refractivity contribution in [2.24, 2.45) is 0 Å². The summed E-state index contributed by atoms with van der Waals surface area (Å²) in [7, 11) is 0. The average molecular weight is 497 g/mol. The summed E-state index contributed by atoms with van der Waals surface area (Å²) in [6.07, 6.45) is 11.9. The van der Waals surface area contributed by atoms with Crippen molar-refractivity contribution in [3.63, 3.8) is 0 Å². The first kappa shape index (κ1) is 26.7. The molecule has 4 rings (SSSR count). The lowest BCUT2D eigenvalue weighted by atomic mass is 9.86. The first-order valence-corrected chi connectivity index (χ1v) is 13.5. The third kappa shape index (κ3) is 6.91. The van der Waals surface area contributed by atoms with Crippen LogP contribution in [0.25, 0.3) is 23.8 Å². The van der Waals surface area contributed by atoms with Crippen LogP contribution < -0.4 is 10.6 Å². The molecule has 0 radical (unpaired) electrons. The van der Waals surface area contributed by atoms with Gasteiger partial charge in [0.25, 0.3) is 0 Å². The molecule has 37 heavy (non-hydrogen) atoms. The topological polar surface area (TPSA) is 48.6 Å². The number of rotatable bonds is 10. The molecule has 0 saturated carbocycles. The fraction of sp³-hybridized carbons (Fsp3) is 0.333. The Labute approximate surface area is 221 Å². The van der Waals surface area contributed by atoms with Crippen LogP contribution in [0.15, 0.2) is 78.5 Å². The van der Waals surface area contributed by atoms with Crippen LogP contribution in [0, 0.1) is 0 Å². The first-order chi connectivity index (χ1) is 18.1. The number of phenols is 1. The van der Waals surface area contributed by atoms with E-state index in [1.54, 1.807) is 12.1 Å². The third-order valence-corrected chi connectivity index (χ3v) is 7.30. The molecule has 1 saturated heterocycles. The highest BCUT2D eigenvalue weighted by Gasteiger charge is 2.15.